The van der Waals surface area contributed by atoms with Crippen LogP contribution in [-0.2, 0) is 25.7 Å². The van der Waals surface area contributed by atoms with Gasteiger partial charge < -0.3 is 20.1 Å². The van der Waals surface area contributed by atoms with Crippen molar-refractivity contribution in [3.05, 3.63) is 35.9 Å². The van der Waals surface area contributed by atoms with Crippen molar-refractivity contribution in [1.82, 2.24) is 10.2 Å². The number of fused-ring (bicyclic) bond motifs is 1. The summed E-state index contributed by atoms with van der Waals surface area (Å²) in [5, 5.41) is 13.0. The highest BCUT2D eigenvalue weighted by molar-refractivity contribution is 8.02. The van der Waals surface area contributed by atoms with Gasteiger partial charge in [0.05, 0.1) is 35.8 Å². The van der Waals surface area contributed by atoms with Crippen LogP contribution in [-0.4, -0.2) is 63.1 Å². The number of benzene rings is 1. The number of carbonyl (C=O) groups excluding carboxylic acids is 3. The standard InChI is InChI=1S/C23H30N2O5S/c1-3-15(13-26)25-19(20(27)24-12-14-8-6-5-7-9-14)23-11-10-16(31-23)17(18(23)21(25)28)22(29)30-4-2/h5-9,15-19,26H,3-4,10-13H2,1-2H3,(H,24,27)/t15-,16+,17-,18-,19?,23?/m0/s1. The molecular weight excluding hydrogens is 416 g/mol. The maximum absolute atomic E-state index is 13.7. The molecule has 0 aromatic heterocycles. The summed E-state index contributed by atoms with van der Waals surface area (Å²) in [6.07, 6.45) is 2.02. The quantitative estimate of drug-likeness (QED) is 0.591. The highest BCUT2D eigenvalue weighted by atomic mass is 32.2. The number of carbonyl (C=O) groups is 3. The summed E-state index contributed by atoms with van der Waals surface area (Å²) < 4.78 is 4.66. The molecule has 3 saturated heterocycles. The van der Waals surface area contributed by atoms with Gasteiger partial charge in [0, 0.05) is 11.8 Å². The predicted octanol–water partition coefficient (Wildman–Crippen LogP) is 1.73. The van der Waals surface area contributed by atoms with E-state index in [9.17, 15) is 19.5 Å². The Hall–Kier alpha value is -2.06. The van der Waals surface area contributed by atoms with Crippen molar-refractivity contribution in [3.63, 3.8) is 0 Å². The summed E-state index contributed by atoms with van der Waals surface area (Å²) in [5.41, 5.74) is 0.975. The Morgan fingerprint density at radius 1 is 1.32 bits per heavy atom. The van der Waals surface area contributed by atoms with Gasteiger partial charge in [-0.05, 0) is 31.7 Å². The molecule has 7 nitrogen and oxygen atoms in total. The van der Waals surface area contributed by atoms with Crippen LogP contribution in [0.1, 0.15) is 38.7 Å². The molecule has 2 bridgehead atoms. The van der Waals surface area contributed by atoms with Gasteiger partial charge in [-0.3, -0.25) is 14.4 Å². The van der Waals surface area contributed by atoms with Gasteiger partial charge in [0.25, 0.3) is 0 Å². The van der Waals surface area contributed by atoms with E-state index in [2.05, 4.69) is 5.32 Å². The molecule has 2 unspecified atom stereocenters. The maximum atomic E-state index is 13.7. The Labute approximate surface area is 186 Å². The lowest BCUT2D eigenvalue weighted by Crippen LogP contribution is -2.56. The number of hydrogen-bond donors (Lipinski definition) is 2. The zero-order valence-corrected chi connectivity index (χ0v) is 18.8. The van der Waals surface area contributed by atoms with Crippen molar-refractivity contribution in [2.75, 3.05) is 13.2 Å². The van der Waals surface area contributed by atoms with E-state index in [1.165, 1.54) is 0 Å². The first-order valence-corrected chi connectivity index (χ1v) is 12.0. The number of esters is 1. The lowest BCUT2D eigenvalue weighted by Gasteiger charge is -2.36. The molecule has 168 valence electrons. The molecule has 8 heteroatoms. The van der Waals surface area contributed by atoms with Gasteiger partial charge in [0.15, 0.2) is 0 Å². The summed E-state index contributed by atoms with van der Waals surface area (Å²) in [7, 11) is 0. The topological polar surface area (TPSA) is 95.9 Å². The number of thioether (sulfide) groups is 1. The molecule has 3 aliphatic heterocycles. The Balaban J connectivity index is 1.66. The first-order valence-electron chi connectivity index (χ1n) is 11.1. The third kappa shape index (κ3) is 3.53. The number of amides is 2. The molecule has 6 atom stereocenters. The van der Waals surface area contributed by atoms with E-state index in [0.717, 1.165) is 12.0 Å². The van der Waals surface area contributed by atoms with Gasteiger partial charge in [-0.25, -0.2) is 0 Å². The predicted molar refractivity (Wildman–Crippen MR) is 117 cm³/mol. The van der Waals surface area contributed by atoms with Crippen LogP contribution in [0.2, 0.25) is 0 Å². The third-order valence-electron chi connectivity index (χ3n) is 6.93. The van der Waals surface area contributed by atoms with Gasteiger partial charge in [0.1, 0.15) is 6.04 Å². The first kappa shape index (κ1) is 22.1. The smallest absolute Gasteiger partial charge is 0.310 e. The van der Waals surface area contributed by atoms with E-state index in [0.29, 0.717) is 19.4 Å². The largest absolute Gasteiger partial charge is 0.466 e. The molecule has 1 spiro atoms. The van der Waals surface area contributed by atoms with Crippen molar-refractivity contribution in [1.29, 1.82) is 0 Å². The molecule has 2 N–H and O–H groups in total. The molecule has 0 radical (unpaired) electrons. The minimum Gasteiger partial charge on any atom is -0.466 e. The maximum Gasteiger partial charge on any atom is 0.310 e. The lowest BCUT2D eigenvalue weighted by atomic mass is 9.71. The molecule has 1 aromatic rings. The number of aliphatic hydroxyl groups is 1. The van der Waals surface area contributed by atoms with Crippen LogP contribution < -0.4 is 5.32 Å². The van der Waals surface area contributed by atoms with Crippen LogP contribution in [0.4, 0.5) is 0 Å². The van der Waals surface area contributed by atoms with Crippen molar-refractivity contribution in [2.24, 2.45) is 11.8 Å². The average Bonchev–Trinajstić information content (AvgIpc) is 3.42. The van der Waals surface area contributed by atoms with E-state index in [-0.39, 0.29) is 36.2 Å². The Bertz CT molecular complexity index is 846. The van der Waals surface area contributed by atoms with Gasteiger partial charge in [-0.1, -0.05) is 37.3 Å². The van der Waals surface area contributed by atoms with Gasteiger partial charge >= 0.3 is 5.97 Å². The van der Waals surface area contributed by atoms with Gasteiger partial charge in [0.2, 0.25) is 11.8 Å². The zero-order chi connectivity index (χ0) is 22.2. The number of nitrogens with zero attached hydrogens (tertiary/aromatic N) is 1. The van der Waals surface area contributed by atoms with Crippen molar-refractivity contribution < 1.29 is 24.2 Å². The van der Waals surface area contributed by atoms with E-state index < -0.39 is 28.7 Å². The molecular formula is C23H30N2O5S. The number of ether oxygens (including phenoxy) is 1. The fourth-order valence-corrected chi connectivity index (χ4v) is 7.78. The van der Waals surface area contributed by atoms with Gasteiger partial charge in [-0.2, -0.15) is 0 Å². The molecule has 3 fully saturated rings. The second-order valence-electron chi connectivity index (χ2n) is 8.50. The lowest BCUT2D eigenvalue weighted by molar-refractivity contribution is -0.154. The first-order chi connectivity index (χ1) is 15.0. The Morgan fingerprint density at radius 3 is 2.71 bits per heavy atom. The molecule has 31 heavy (non-hydrogen) atoms. The summed E-state index contributed by atoms with van der Waals surface area (Å²) >= 11 is 1.61. The van der Waals surface area contributed by atoms with Gasteiger partial charge in [-0.15, -0.1) is 11.8 Å². The molecule has 4 rings (SSSR count). The van der Waals surface area contributed by atoms with Crippen LogP contribution in [0.5, 0.6) is 0 Å². The highest BCUT2D eigenvalue weighted by Crippen LogP contribution is 2.66. The minimum absolute atomic E-state index is 0.00576. The molecule has 3 aliphatic rings. The number of aliphatic hydroxyl groups excluding tert-OH is 1. The number of rotatable bonds is 8. The Morgan fingerprint density at radius 2 is 2.06 bits per heavy atom. The van der Waals surface area contributed by atoms with Crippen LogP contribution >= 0.6 is 11.8 Å². The van der Waals surface area contributed by atoms with Crippen LogP contribution in [0.3, 0.4) is 0 Å². The third-order valence-corrected chi connectivity index (χ3v) is 8.88. The van der Waals surface area contributed by atoms with Crippen molar-refractivity contribution in [3.8, 4) is 0 Å². The normalized spacial score (nSPS) is 32.1. The zero-order valence-electron chi connectivity index (χ0n) is 18.0. The number of hydrogen-bond acceptors (Lipinski definition) is 6. The average molecular weight is 447 g/mol. The second-order valence-corrected chi connectivity index (χ2v) is 10.1. The summed E-state index contributed by atoms with van der Waals surface area (Å²) in [6.45, 7) is 4.07. The minimum atomic E-state index is -0.708. The fraction of sp³-hybridized carbons (Fsp3) is 0.609. The van der Waals surface area contributed by atoms with E-state index in [1.807, 2.05) is 37.3 Å². The van der Waals surface area contributed by atoms with E-state index in [4.69, 9.17) is 4.74 Å². The summed E-state index contributed by atoms with van der Waals surface area (Å²) in [4.78, 5) is 41.5. The fourth-order valence-electron chi connectivity index (χ4n) is 5.59. The van der Waals surface area contributed by atoms with E-state index >= 15 is 0 Å². The number of nitrogens with one attached hydrogen (secondary N) is 1. The molecule has 0 aliphatic carbocycles. The molecule has 1 aromatic carbocycles. The van der Waals surface area contributed by atoms with E-state index in [1.54, 1.807) is 23.6 Å². The highest BCUT2D eigenvalue weighted by Gasteiger charge is 2.74. The Kier molecular flexibility index (Phi) is 6.30. The second kappa shape index (κ2) is 8.82. The summed E-state index contributed by atoms with van der Waals surface area (Å²) in [5.74, 6) is -1.87. The molecule has 0 saturated carbocycles. The van der Waals surface area contributed by atoms with Crippen LogP contribution in [0.25, 0.3) is 0 Å². The van der Waals surface area contributed by atoms with Crippen LogP contribution in [0.15, 0.2) is 30.3 Å². The van der Waals surface area contributed by atoms with Crippen molar-refractivity contribution in [2.45, 2.75) is 61.7 Å². The monoisotopic (exact) mass is 446 g/mol. The number of likely N-dealkylation sites (tertiary alicyclic amines) is 1. The SMILES string of the molecule is CCOC(=O)[C@@H]1[C@H]2C(=O)N([C@@H](CC)CO)C(C(=O)NCc3ccccc3)C23CC[C@H]1S3. The van der Waals surface area contributed by atoms with Crippen LogP contribution in [0, 0.1) is 11.8 Å². The molecule has 3 heterocycles. The van der Waals surface area contributed by atoms with Crippen molar-refractivity contribution >= 4 is 29.5 Å². The summed E-state index contributed by atoms with van der Waals surface area (Å²) in [6, 6.07) is 8.46. The molecule has 2 amide bonds.